The number of halogens is 3. The van der Waals surface area contributed by atoms with Crippen LogP contribution < -0.4 is 4.74 Å². The first-order chi connectivity index (χ1) is 8.60. The first kappa shape index (κ1) is 13.3. The molecule has 2 aromatic rings. The normalized spacial score (nSPS) is 10.4. The number of aryl methyl sites for hydroxylation is 1. The molecule has 0 unspecified atom stereocenters. The van der Waals surface area contributed by atoms with Gasteiger partial charge in [0.25, 0.3) is 0 Å². The second-order valence-electron chi connectivity index (χ2n) is 3.76. The molecule has 0 aliphatic rings. The van der Waals surface area contributed by atoms with E-state index in [0.717, 1.165) is 10.0 Å². The van der Waals surface area contributed by atoms with Crippen molar-refractivity contribution < 1.29 is 9.13 Å². The van der Waals surface area contributed by atoms with Crippen LogP contribution in [0, 0.1) is 12.7 Å². The smallest absolute Gasteiger partial charge is 0.223 e. The Labute approximate surface area is 118 Å². The lowest BCUT2D eigenvalue weighted by Gasteiger charge is -2.10. The van der Waals surface area contributed by atoms with Crippen molar-refractivity contribution in [3.8, 4) is 11.6 Å². The highest BCUT2D eigenvalue weighted by molar-refractivity contribution is 9.10. The average molecular weight is 331 g/mol. The van der Waals surface area contributed by atoms with Crippen LogP contribution in [0.25, 0.3) is 0 Å². The van der Waals surface area contributed by atoms with Gasteiger partial charge in [-0.1, -0.05) is 0 Å². The van der Waals surface area contributed by atoms with Crippen LogP contribution in [0.2, 0.25) is 0 Å². The zero-order valence-electron chi connectivity index (χ0n) is 9.58. The van der Waals surface area contributed by atoms with E-state index in [-0.39, 0.29) is 5.82 Å². The fraction of sp³-hybridized carbons (Fsp3) is 0.154. The van der Waals surface area contributed by atoms with Gasteiger partial charge in [-0.25, -0.2) is 9.37 Å². The molecule has 94 valence electrons. The maximum Gasteiger partial charge on any atom is 0.223 e. The van der Waals surface area contributed by atoms with Crippen LogP contribution in [0.3, 0.4) is 0 Å². The van der Waals surface area contributed by atoms with E-state index in [0.29, 0.717) is 23.1 Å². The van der Waals surface area contributed by atoms with E-state index in [2.05, 4.69) is 20.9 Å². The SMILES string of the molecule is Cc1cc(F)ccc1Oc1ncc(Br)cc1CCl. The van der Waals surface area contributed by atoms with E-state index in [9.17, 15) is 4.39 Å². The molecule has 18 heavy (non-hydrogen) atoms. The standard InChI is InChI=1S/C13H10BrClFNO/c1-8-4-11(16)2-3-12(8)18-13-9(6-15)5-10(14)7-17-13/h2-5,7H,6H2,1H3. The molecule has 5 heteroatoms. The van der Waals surface area contributed by atoms with Gasteiger partial charge >= 0.3 is 0 Å². The van der Waals surface area contributed by atoms with Crippen LogP contribution in [-0.4, -0.2) is 4.98 Å². The van der Waals surface area contributed by atoms with Crippen molar-refractivity contribution in [1.82, 2.24) is 4.98 Å². The monoisotopic (exact) mass is 329 g/mol. The molecule has 0 spiro atoms. The van der Waals surface area contributed by atoms with Crippen molar-refractivity contribution in [1.29, 1.82) is 0 Å². The second-order valence-corrected chi connectivity index (χ2v) is 4.95. The summed E-state index contributed by atoms with van der Waals surface area (Å²) in [6.45, 7) is 1.78. The Bertz CT molecular complexity index is 577. The molecule has 0 aliphatic carbocycles. The summed E-state index contributed by atoms with van der Waals surface area (Å²) < 4.78 is 19.5. The summed E-state index contributed by atoms with van der Waals surface area (Å²) in [6.07, 6.45) is 1.63. The van der Waals surface area contributed by atoms with Gasteiger partial charge in [0.2, 0.25) is 5.88 Å². The Kier molecular flexibility index (Phi) is 4.19. The Morgan fingerprint density at radius 3 is 2.83 bits per heavy atom. The third kappa shape index (κ3) is 3.00. The quantitative estimate of drug-likeness (QED) is 0.753. The minimum absolute atomic E-state index is 0.291. The first-order valence-corrected chi connectivity index (χ1v) is 6.57. The van der Waals surface area contributed by atoms with Gasteiger partial charge in [0.05, 0.1) is 5.88 Å². The van der Waals surface area contributed by atoms with Gasteiger partial charge in [0.1, 0.15) is 11.6 Å². The minimum Gasteiger partial charge on any atom is -0.438 e. The van der Waals surface area contributed by atoms with Crippen molar-refractivity contribution in [2.45, 2.75) is 12.8 Å². The summed E-state index contributed by atoms with van der Waals surface area (Å²) in [6, 6.07) is 6.18. The lowest BCUT2D eigenvalue weighted by atomic mass is 10.2. The molecular formula is C13H10BrClFNO. The fourth-order valence-electron chi connectivity index (χ4n) is 1.49. The van der Waals surface area contributed by atoms with Crippen LogP contribution in [-0.2, 0) is 5.88 Å². The number of hydrogen-bond acceptors (Lipinski definition) is 2. The van der Waals surface area contributed by atoms with E-state index in [1.165, 1.54) is 12.1 Å². The highest BCUT2D eigenvalue weighted by Gasteiger charge is 2.09. The molecule has 0 saturated heterocycles. The Hall–Kier alpha value is -1.13. The number of rotatable bonds is 3. The summed E-state index contributed by atoms with van der Waals surface area (Å²) in [4.78, 5) is 4.16. The highest BCUT2D eigenvalue weighted by atomic mass is 79.9. The van der Waals surface area contributed by atoms with Crippen molar-refractivity contribution >= 4 is 27.5 Å². The molecule has 0 amide bonds. The zero-order valence-corrected chi connectivity index (χ0v) is 11.9. The number of pyridine rings is 1. The summed E-state index contributed by atoms with van der Waals surface area (Å²) in [5.41, 5.74) is 1.48. The minimum atomic E-state index is -0.291. The zero-order chi connectivity index (χ0) is 13.1. The molecule has 0 aliphatic heterocycles. The van der Waals surface area contributed by atoms with Gasteiger partial charge in [0.15, 0.2) is 0 Å². The number of nitrogens with zero attached hydrogens (tertiary/aromatic N) is 1. The third-order valence-corrected chi connectivity index (χ3v) is 3.10. The molecule has 0 atom stereocenters. The molecular weight excluding hydrogens is 321 g/mol. The molecule has 0 fully saturated rings. The molecule has 0 N–H and O–H groups in total. The van der Waals surface area contributed by atoms with E-state index >= 15 is 0 Å². The molecule has 0 radical (unpaired) electrons. The summed E-state index contributed by atoms with van der Waals surface area (Å²) in [5.74, 6) is 1.00. The fourth-order valence-corrected chi connectivity index (χ4v) is 2.06. The predicted molar refractivity (Wildman–Crippen MR) is 72.7 cm³/mol. The Balaban J connectivity index is 2.33. The molecule has 0 bridgehead atoms. The van der Waals surface area contributed by atoms with Gasteiger partial charge in [-0.2, -0.15) is 0 Å². The number of hydrogen-bond donors (Lipinski definition) is 0. The first-order valence-electron chi connectivity index (χ1n) is 5.24. The van der Waals surface area contributed by atoms with E-state index in [1.54, 1.807) is 19.2 Å². The van der Waals surface area contributed by atoms with E-state index < -0.39 is 0 Å². The van der Waals surface area contributed by atoms with Crippen LogP contribution in [0.4, 0.5) is 4.39 Å². The Morgan fingerprint density at radius 2 is 2.17 bits per heavy atom. The molecule has 1 heterocycles. The number of alkyl halides is 1. The van der Waals surface area contributed by atoms with E-state index in [4.69, 9.17) is 16.3 Å². The second kappa shape index (κ2) is 5.67. The van der Waals surface area contributed by atoms with Gasteiger partial charge in [0, 0.05) is 16.2 Å². The van der Waals surface area contributed by atoms with Crippen LogP contribution >= 0.6 is 27.5 Å². The lowest BCUT2D eigenvalue weighted by Crippen LogP contribution is -1.95. The number of benzene rings is 1. The average Bonchev–Trinajstić information content (AvgIpc) is 2.34. The maximum atomic E-state index is 13.0. The van der Waals surface area contributed by atoms with Crippen LogP contribution in [0.15, 0.2) is 34.9 Å². The van der Waals surface area contributed by atoms with Crippen molar-refractivity contribution in [2.75, 3.05) is 0 Å². The van der Waals surface area contributed by atoms with Crippen molar-refractivity contribution in [3.05, 3.63) is 51.9 Å². The number of ether oxygens (including phenoxy) is 1. The Morgan fingerprint density at radius 1 is 1.39 bits per heavy atom. The molecule has 1 aromatic heterocycles. The van der Waals surface area contributed by atoms with Gasteiger partial charge in [-0.05, 0) is 52.7 Å². The third-order valence-electron chi connectivity index (χ3n) is 2.38. The van der Waals surface area contributed by atoms with Crippen LogP contribution in [0.1, 0.15) is 11.1 Å². The van der Waals surface area contributed by atoms with Crippen LogP contribution in [0.5, 0.6) is 11.6 Å². The molecule has 1 aromatic carbocycles. The maximum absolute atomic E-state index is 13.0. The molecule has 2 rings (SSSR count). The lowest BCUT2D eigenvalue weighted by molar-refractivity contribution is 0.453. The summed E-state index contributed by atoms with van der Waals surface area (Å²) in [7, 11) is 0. The number of aromatic nitrogens is 1. The topological polar surface area (TPSA) is 22.1 Å². The predicted octanol–water partition coefficient (Wildman–Crippen LogP) is 4.82. The van der Waals surface area contributed by atoms with Gasteiger partial charge in [-0.3, -0.25) is 0 Å². The largest absolute Gasteiger partial charge is 0.438 e. The van der Waals surface area contributed by atoms with Gasteiger partial charge in [-0.15, -0.1) is 11.6 Å². The van der Waals surface area contributed by atoms with Crippen molar-refractivity contribution in [3.63, 3.8) is 0 Å². The van der Waals surface area contributed by atoms with Gasteiger partial charge < -0.3 is 4.74 Å². The summed E-state index contributed by atoms with van der Waals surface area (Å²) in [5, 5.41) is 0. The molecule has 0 saturated carbocycles. The van der Waals surface area contributed by atoms with Crippen molar-refractivity contribution in [2.24, 2.45) is 0 Å². The molecule has 2 nitrogen and oxygen atoms in total. The van der Waals surface area contributed by atoms with E-state index in [1.807, 2.05) is 6.07 Å². The highest BCUT2D eigenvalue weighted by Crippen LogP contribution is 2.28. The summed E-state index contributed by atoms with van der Waals surface area (Å²) >= 11 is 9.15.